The fourth-order valence-electron chi connectivity index (χ4n) is 2.89. The number of methoxy groups -OCH3 is 1. The van der Waals surface area contributed by atoms with Gasteiger partial charge in [0, 0.05) is 19.7 Å². The van der Waals surface area contributed by atoms with Crippen molar-refractivity contribution in [3.05, 3.63) is 29.8 Å². The van der Waals surface area contributed by atoms with Gasteiger partial charge in [0.2, 0.25) is 0 Å². The van der Waals surface area contributed by atoms with Crippen molar-refractivity contribution in [2.75, 3.05) is 46.5 Å². The van der Waals surface area contributed by atoms with Gasteiger partial charge in [0.05, 0.1) is 13.2 Å². The van der Waals surface area contributed by atoms with Gasteiger partial charge in [0.1, 0.15) is 12.4 Å². The zero-order valence-corrected chi connectivity index (χ0v) is 18.5. The first-order chi connectivity index (χ1) is 13.6. The minimum atomic E-state index is 0.393. The Bertz CT molecular complexity index is 530. The van der Waals surface area contributed by atoms with Gasteiger partial charge in [-0.2, -0.15) is 0 Å². The van der Waals surface area contributed by atoms with E-state index in [1.807, 2.05) is 12.1 Å². The molecule has 0 radical (unpaired) electrons. The van der Waals surface area contributed by atoms with Crippen LogP contribution in [0.2, 0.25) is 0 Å². The Kier molecular flexibility index (Phi) is 13.1. The number of nitrogens with zero attached hydrogens (tertiary/aromatic N) is 2. The standard InChI is InChI=1S/C22H40N4O2/c1-6-23-22(25-19(4)10-9-15-26(7-2)8-3)24-18-20-11-13-21(14-12-20)28-17-16-27-5/h11-14,19H,6-10,15-18H2,1-5H3,(H2,23,24,25). The van der Waals surface area contributed by atoms with Crippen LogP contribution in [0.15, 0.2) is 29.3 Å². The summed E-state index contributed by atoms with van der Waals surface area (Å²) >= 11 is 0. The van der Waals surface area contributed by atoms with Gasteiger partial charge >= 0.3 is 0 Å². The summed E-state index contributed by atoms with van der Waals surface area (Å²) in [5.74, 6) is 1.73. The lowest BCUT2D eigenvalue weighted by Gasteiger charge is -2.21. The Morgan fingerprint density at radius 2 is 1.82 bits per heavy atom. The van der Waals surface area contributed by atoms with Gasteiger partial charge in [-0.25, -0.2) is 4.99 Å². The fourth-order valence-corrected chi connectivity index (χ4v) is 2.89. The molecule has 28 heavy (non-hydrogen) atoms. The van der Waals surface area contributed by atoms with Crippen molar-refractivity contribution < 1.29 is 9.47 Å². The SMILES string of the molecule is CCNC(=NCc1ccc(OCCOC)cc1)NC(C)CCCN(CC)CC. The minimum Gasteiger partial charge on any atom is -0.491 e. The van der Waals surface area contributed by atoms with Crippen LogP contribution >= 0.6 is 0 Å². The first-order valence-corrected chi connectivity index (χ1v) is 10.6. The van der Waals surface area contributed by atoms with Crippen molar-refractivity contribution in [2.45, 2.75) is 53.1 Å². The summed E-state index contributed by atoms with van der Waals surface area (Å²) < 4.78 is 10.6. The van der Waals surface area contributed by atoms with E-state index in [4.69, 9.17) is 14.5 Å². The Morgan fingerprint density at radius 1 is 1.11 bits per heavy atom. The zero-order valence-electron chi connectivity index (χ0n) is 18.5. The van der Waals surface area contributed by atoms with Crippen LogP contribution in [0.25, 0.3) is 0 Å². The molecule has 6 heteroatoms. The highest BCUT2D eigenvalue weighted by Crippen LogP contribution is 2.12. The average Bonchev–Trinajstić information content (AvgIpc) is 2.71. The van der Waals surface area contributed by atoms with Crippen LogP contribution in [0, 0.1) is 0 Å². The molecule has 1 aromatic carbocycles. The molecule has 0 aromatic heterocycles. The second kappa shape index (κ2) is 15.2. The summed E-state index contributed by atoms with van der Waals surface area (Å²) in [7, 11) is 1.67. The molecule has 1 rings (SSSR count). The molecule has 0 aliphatic rings. The molecule has 1 unspecified atom stereocenters. The van der Waals surface area contributed by atoms with Crippen molar-refractivity contribution >= 4 is 5.96 Å². The van der Waals surface area contributed by atoms with E-state index in [0.29, 0.717) is 25.8 Å². The Morgan fingerprint density at radius 3 is 2.43 bits per heavy atom. The van der Waals surface area contributed by atoms with E-state index in [1.165, 1.54) is 6.42 Å². The lowest BCUT2D eigenvalue weighted by atomic mass is 10.2. The summed E-state index contributed by atoms with van der Waals surface area (Å²) in [6, 6.07) is 8.48. The van der Waals surface area contributed by atoms with Gasteiger partial charge < -0.3 is 25.0 Å². The summed E-state index contributed by atoms with van der Waals surface area (Å²) in [6.07, 6.45) is 2.33. The minimum absolute atomic E-state index is 0.393. The lowest BCUT2D eigenvalue weighted by Crippen LogP contribution is -2.42. The largest absolute Gasteiger partial charge is 0.491 e. The highest BCUT2D eigenvalue weighted by atomic mass is 16.5. The van der Waals surface area contributed by atoms with Gasteiger partial charge in [-0.05, 0) is 64.0 Å². The topological polar surface area (TPSA) is 58.1 Å². The van der Waals surface area contributed by atoms with E-state index in [9.17, 15) is 0 Å². The first-order valence-electron chi connectivity index (χ1n) is 10.6. The molecule has 6 nitrogen and oxygen atoms in total. The van der Waals surface area contributed by atoms with E-state index in [-0.39, 0.29) is 0 Å². The maximum Gasteiger partial charge on any atom is 0.191 e. The Labute approximate surface area is 171 Å². The number of rotatable bonds is 14. The van der Waals surface area contributed by atoms with Crippen LogP contribution in [0.4, 0.5) is 0 Å². The summed E-state index contributed by atoms with van der Waals surface area (Å²) in [6.45, 7) is 14.8. The van der Waals surface area contributed by atoms with Gasteiger partial charge in [0.25, 0.3) is 0 Å². The van der Waals surface area contributed by atoms with Crippen LogP contribution in [-0.4, -0.2) is 63.4 Å². The molecule has 1 aromatic rings. The number of aliphatic imine (C=N–C) groups is 1. The number of nitrogens with one attached hydrogen (secondary N) is 2. The summed E-state index contributed by atoms with van der Waals surface area (Å²) in [5.41, 5.74) is 1.16. The molecule has 1 atom stereocenters. The second-order valence-electron chi connectivity index (χ2n) is 6.89. The molecule has 0 spiro atoms. The predicted molar refractivity (Wildman–Crippen MR) is 118 cm³/mol. The van der Waals surface area contributed by atoms with Crippen LogP contribution in [-0.2, 0) is 11.3 Å². The first kappa shape index (κ1) is 24.2. The number of guanidine groups is 1. The van der Waals surface area contributed by atoms with Crippen molar-refractivity contribution in [3.63, 3.8) is 0 Å². The van der Waals surface area contributed by atoms with Crippen molar-refractivity contribution in [1.29, 1.82) is 0 Å². The Hall–Kier alpha value is -1.79. The fraction of sp³-hybridized carbons (Fsp3) is 0.682. The number of benzene rings is 1. The third kappa shape index (κ3) is 10.5. The van der Waals surface area contributed by atoms with Crippen LogP contribution in [0.1, 0.15) is 46.1 Å². The van der Waals surface area contributed by atoms with E-state index in [0.717, 1.165) is 49.9 Å². The molecule has 0 saturated carbocycles. The molecule has 0 fully saturated rings. The van der Waals surface area contributed by atoms with Crippen LogP contribution in [0.3, 0.4) is 0 Å². The molecule has 0 heterocycles. The molecular weight excluding hydrogens is 352 g/mol. The highest BCUT2D eigenvalue weighted by molar-refractivity contribution is 5.80. The molecule has 0 aliphatic carbocycles. The van der Waals surface area contributed by atoms with Gasteiger partial charge in [-0.15, -0.1) is 0 Å². The van der Waals surface area contributed by atoms with E-state index < -0.39 is 0 Å². The number of ether oxygens (including phenoxy) is 2. The van der Waals surface area contributed by atoms with E-state index in [2.05, 4.69) is 55.4 Å². The monoisotopic (exact) mass is 392 g/mol. The third-order valence-electron chi connectivity index (χ3n) is 4.63. The maximum absolute atomic E-state index is 5.60. The molecule has 0 aliphatic heterocycles. The Balaban J connectivity index is 2.47. The molecule has 2 N–H and O–H groups in total. The van der Waals surface area contributed by atoms with Crippen molar-refractivity contribution in [3.8, 4) is 5.75 Å². The summed E-state index contributed by atoms with van der Waals surface area (Å²) in [4.78, 5) is 7.19. The van der Waals surface area contributed by atoms with Gasteiger partial charge in [-0.3, -0.25) is 0 Å². The normalized spacial score (nSPS) is 12.9. The smallest absolute Gasteiger partial charge is 0.191 e. The average molecular weight is 393 g/mol. The third-order valence-corrected chi connectivity index (χ3v) is 4.63. The van der Waals surface area contributed by atoms with Crippen LogP contribution < -0.4 is 15.4 Å². The van der Waals surface area contributed by atoms with E-state index in [1.54, 1.807) is 7.11 Å². The zero-order chi connectivity index (χ0) is 20.6. The van der Waals surface area contributed by atoms with Gasteiger partial charge in [-0.1, -0.05) is 26.0 Å². The second-order valence-corrected chi connectivity index (χ2v) is 6.89. The summed E-state index contributed by atoms with van der Waals surface area (Å²) in [5, 5.41) is 6.87. The highest BCUT2D eigenvalue weighted by Gasteiger charge is 2.06. The van der Waals surface area contributed by atoms with Crippen molar-refractivity contribution in [2.24, 2.45) is 4.99 Å². The predicted octanol–water partition coefficient (Wildman–Crippen LogP) is 3.28. The molecular formula is C22H40N4O2. The molecule has 160 valence electrons. The molecule has 0 amide bonds. The van der Waals surface area contributed by atoms with Crippen molar-refractivity contribution in [1.82, 2.24) is 15.5 Å². The lowest BCUT2D eigenvalue weighted by molar-refractivity contribution is 0.146. The molecule has 0 bridgehead atoms. The number of hydrogen-bond acceptors (Lipinski definition) is 4. The van der Waals surface area contributed by atoms with E-state index >= 15 is 0 Å². The van der Waals surface area contributed by atoms with Crippen LogP contribution in [0.5, 0.6) is 5.75 Å². The maximum atomic E-state index is 5.60. The molecule has 0 saturated heterocycles. The number of hydrogen-bond donors (Lipinski definition) is 2. The van der Waals surface area contributed by atoms with Gasteiger partial charge in [0.15, 0.2) is 5.96 Å². The quantitative estimate of drug-likeness (QED) is 0.289.